The SMILES string of the molecule is CCOC(=O)Nc1cccc(OCC(=O)Nc2ccc(OC)c(OC)c2)c1. The Morgan fingerprint density at radius 1 is 0.926 bits per heavy atom. The fraction of sp³-hybridized carbons (Fsp3) is 0.263. The third-order valence-electron chi connectivity index (χ3n) is 3.39. The second-order valence-electron chi connectivity index (χ2n) is 5.28. The van der Waals surface area contributed by atoms with E-state index in [1.54, 1.807) is 49.4 Å². The molecule has 2 rings (SSSR count). The number of ether oxygens (including phenoxy) is 4. The van der Waals surface area contributed by atoms with Gasteiger partial charge in [0.1, 0.15) is 5.75 Å². The highest BCUT2D eigenvalue weighted by Gasteiger charge is 2.09. The molecule has 0 unspecified atom stereocenters. The maximum absolute atomic E-state index is 12.1. The van der Waals surface area contributed by atoms with Crippen LogP contribution in [0.25, 0.3) is 0 Å². The Labute approximate surface area is 157 Å². The first-order chi connectivity index (χ1) is 13.0. The third kappa shape index (κ3) is 6.10. The van der Waals surface area contributed by atoms with Crippen molar-refractivity contribution in [3.63, 3.8) is 0 Å². The van der Waals surface area contributed by atoms with E-state index in [4.69, 9.17) is 18.9 Å². The molecule has 2 N–H and O–H groups in total. The molecule has 144 valence electrons. The minimum Gasteiger partial charge on any atom is -0.493 e. The molecule has 0 spiro atoms. The van der Waals surface area contributed by atoms with E-state index in [0.29, 0.717) is 28.6 Å². The van der Waals surface area contributed by atoms with Crippen LogP contribution in [0.3, 0.4) is 0 Å². The lowest BCUT2D eigenvalue weighted by Gasteiger charge is -2.11. The molecule has 0 aliphatic rings. The summed E-state index contributed by atoms with van der Waals surface area (Å²) in [4.78, 5) is 23.5. The average Bonchev–Trinajstić information content (AvgIpc) is 2.66. The van der Waals surface area contributed by atoms with E-state index in [1.165, 1.54) is 14.2 Å². The van der Waals surface area contributed by atoms with Crippen LogP contribution in [0.5, 0.6) is 17.2 Å². The van der Waals surface area contributed by atoms with Gasteiger partial charge in [0.25, 0.3) is 5.91 Å². The number of methoxy groups -OCH3 is 2. The Bertz CT molecular complexity index is 794. The van der Waals surface area contributed by atoms with Crippen molar-refractivity contribution in [1.82, 2.24) is 0 Å². The molecule has 2 aromatic carbocycles. The molecule has 27 heavy (non-hydrogen) atoms. The third-order valence-corrected chi connectivity index (χ3v) is 3.39. The van der Waals surface area contributed by atoms with Crippen molar-refractivity contribution in [3.8, 4) is 17.2 Å². The van der Waals surface area contributed by atoms with Gasteiger partial charge in [0.15, 0.2) is 18.1 Å². The van der Waals surface area contributed by atoms with Gasteiger partial charge in [-0.15, -0.1) is 0 Å². The quantitative estimate of drug-likeness (QED) is 0.736. The summed E-state index contributed by atoms with van der Waals surface area (Å²) in [6, 6.07) is 11.7. The predicted molar refractivity (Wildman–Crippen MR) is 101 cm³/mol. The highest BCUT2D eigenvalue weighted by molar-refractivity contribution is 5.92. The van der Waals surface area contributed by atoms with Gasteiger partial charge in [-0.25, -0.2) is 4.79 Å². The van der Waals surface area contributed by atoms with Crippen LogP contribution >= 0.6 is 0 Å². The molecule has 0 bridgehead atoms. The summed E-state index contributed by atoms with van der Waals surface area (Å²) in [6.07, 6.45) is -0.555. The van der Waals surface area contributed by atoms with Crippen molar-refractivity contribution in [2.45, 2.75) is 6.92 Å². The molecule has 0 radical (unpaired) electrons. The van der Waals surface area contributed by atoms with Crippen molar-refractivity contribution in [2.75, 3.05) is 38.1 Å². The summed E-state index contributed by atoms with van der Waals surface area (Å²) in [5, 5.41) is 5.28. The Morgan fingerprint density at radius 3 is 2.37 bits per heavy atom. The number of carbonyl (C=O) groups excluding carboxylic acids is 2. The summed E-state index contributed by atoms with van der Waals surface area (Å²) in [7, 11) is 3.05. The number of anilines is 2. The molecule has 0 heterocycles. The number of amides is 2. The van der Waals surface area contributed by atoms with Crippen LogP contribution in [-0.4, -0.2) is 39.4 Å². The van der Waals surface area contributed by atoms with Crippen molar-refractivity contribution in [1.29, 1.82) is 0 Å². The summed E-state index contributed by atoms with van der Waals surface area (Å²) < 4.78 is 20.6. The Hall–Kier alpha value is -3.42. The van der Waals surface area contributed by atoms with Crippen LogP contribution in [0, 0.1) is 0 Å². The predicted octanol–water partition coefficient (Wildman–Crippen LogP) is 3.29. The first-order valence-electron chi connectivity index (χ1n) is 8.24. The highest BCUT2D eigenvalue weighted by Crippen LogP contribution is 2.29. The van der Waals surface area contributed by atoms with Gasteiger partial charge in [0, 0.05) is 23.5 Å². The van der Waals surface area contributed by atoms with E-state index in [-0.39, 0.29) is 19.1 Å². The molecular formula is C19H22N2O6. The smallest absolute Gasteiger partial charge is 0.411 e. The van der Waals surface area contributed by atoms with Crippen molar-refractivity contribution in [3.05, 3.63) is 42.5 Å². The van der Waals surface area contributed by atoms with Crippen LogP contribution in [0.2, 0.25) is 0 Å². The maximum atomic E-state index is 12.1. The normalized spacial score (nSPS) is 9.89. The van der Waals surface area contributed by atoms with Gasteiger partial charge in [0.05, 0.1) is 20.8 Å². The topological polar surface area (TPSA) is 95.1 Å². The lowest BCUT2D eigenvalue weighted by Crippen LogP contribution is -2.20. The monoisotopic (exact) mass is 374 g/mol. The Kier molecular flexibility index (Phi) is 7.30. The Balaban J connectivity index is 1.91. The molecule has 0 atom stereocenters. The average molecular weight is 374 g/mol. The number of rotatable bonds is 8. The zero-order chi connectivity index (χ0) is 19.6. The van der Waals surface area contributed by atoms with Crippen LogP contribution in [0.15, 0.2) is 42.5 Å². The number of hydrogen-bond donors (Lipinski definition) is 2. The number of nitrogens with one attached hydrogen (secondary N) is 2. The van der Waals surface area contributed by atoms with Gasteiger partial charge in [0.2, 0.25) is 0 Å². The molecule has 0 fully saturated rings. The van der Waals surface area contributed by atoms with Crippen molar-refractivity contribution in [2.24, 2.45) is 0 Å². The second kappa shape index (κ2) is 9.91. The minimum absolute atomic E-state index is 0.197. The fourth-order valence-electron chi connectivity index (χ4n) is 2.21. The van der Waals surface area contributed by atoms with Crippen LogP contribution in [0.1, 0.15) is 6.92 Å². The lowest BCUT2D eigenvalue weighted by atomic mass is 10.2. The van der Waals surface area contributed by atoms with Gasteiger partial charge < -0.3 is 24.3 Å². The molecule has 0 aliphatic heterocycles. The minimum atomic E-state index is -0.555. The van der Waals surface area contributed by atoms with Crippen LogP contribution in [-0.2, 0) is 9.53 Å². The van der Waals surface area contributed by atoms with Crippen molar-refractivity contribution >= 4 is 23.4 Å². The Morgan fingerprint density at radius 2 is 1.67 bits per heavy atom. The number of hydrogen-bond acceptors (Lipinski definition) is 6. The van der Waals surface area contributed by atoms with E-state index >= 15 is 0 Å². The molecule has 8 heteroatoms. The van der Waals surface area contributed by atoms with E-state index in [9.17, 15) is 9.59 Å². The van der Waals surface area contributed by atoms with E-state index in [1.807, 2.05) is 0 Å². The molecule has 0 saturated heterocycles. The van der Waals surface area contributed by atoms with Crippen LogP contribution < -0.4 is 24.8 Å². The molecule has 2 amide bonds. The summed E-state index contributed by atoms with van der Waals surface area (Å²) in [5.41, 5.74) is 1.06. The largest absolute Gasteiger partial charge is 0.493 e. The molecular weight excluding hydrogens is 352 g/mol. The second-order valence-corrected chi connectivity index (χ2v) is 5.28. The zero-order valence-electron chi connectivity index (χ0n) is 15.4. The van der Waals surface area contributed by atoms with Crippen molar-refractivity contribution < 1.29 is 28.5 Å². The first-order valence-corrected chi connectivity index (χ1v) is 8.24. The van der Waals surface area contributed by atoms with Gasteiger partial charge >= 0.3 is 6.09 Å². The number of benzene rings is 2. The van der Waals surface area contributed by atoms with Crippen LogP contribution in [0.4, 0.5) is 16.2 Å². The zero-order valence-corrected chi connectivity index (χ0v) is 15.4. The molecule has 2 aromatic rings. The van der Waals surface area contributed by atoms with E-state index < -0.39 is 6.09 Å². The first kappa shape index (κ1) is 19.9. The molecule has 8 nitrogen and oxygen atoms in total. The molecule has 0 saturated carbocycles. The van der Waals surface area contributed by atoms with Gasteiger partial charge in [-0.1, -0.05) is 6.07 Å². The molecule has 0 aromatic heterocycles. The van der Waals surface area contributed by atoms with E-state index in [0.717, 1.165) is 0 Å². The van der Waals surface area contributed by atoms with Gasteiger partial charge in [-0.3, -0.25) is 10.1 Å². The number of carbonyl (C=O) groups is 2. The highest BCUT2D eigenvalue weighted by atomic mass is 16.5. The fourth-order valence-corrected chi connectivity index (χ4v) is 2.21. The van der Waals surface area contributed by atoms with Gasteiger partial charge in [-0.05, 0) is 31.2 Å². The summed E-state index contributed by atoms with van der Waals surface area (Å²) in [6.45, 7) is 1.80. The molecule has 0 aliphatic carbocycles. The van der Waals surface area contributed by atoms with Gasteiger partial charge in [-0.2, -0.15) is 0 Å². The maximum Gasteiger partial charge on any atom is 0.411 e. The lowest BCUT2D eigenvalue weighted by molar-refractivity contribution is -0.118. The summed E-state index contributed by atoms with van der Waals surface area (Å²) in [5.74, 6) is 1.17. The standard InChI is InChI=1S/C19H22N2O6/c1-4-26-19(23)21-13-6-5-7-15(10-13)27-12-18(22)20-14-8-9-16(24-2)17(11-14)25-3/h5-11H,4,12H2,1-3H3,(H,20,22)(H,21,23). The summed E-state index contributed by atoms with van der Waals surface area (Å²) >= 11 is 0. The van der Waals surface area contributed by atoms with E-state index in [2.05, 4.69) is 10.6 Å².